The van der Waals surface area contributed by atoms with Gasteiger partial charge in [-0.3, -0.25) is 0 Å². The van der Waals surface area contributed by atoms with Gasteiger partial charge >= 0.3 is 0 Å². The van der Waals surface area contributed by atoms with E-state index in [0.29, 0.717) is 0 Å². The molecule has 0 aromatic carbocycles. The fourth-order valence-corrected chi connectivity index (χ4v) is 1.29. The minimum Gasteiger partial charge on any atom is -0.388 e. The van der Waals surface area contributed by atoms with E-state index in [0.717, 1.165) is 6.42 Å². The van der Waals surface area contributed by atoms with E-state index in [9.17, 15) is 10.2 Å². The molecule has 3 nitrogen and oxygen atoms in total. The maximum absolute atomic E-state index is 9.55. The maximum Gasteiger partial charge on any atom is 0.116 e. The molecule has 3 atom stereocenters. The molecule has 3 unspecified atom stereocenters. The van der Waals surface area contributed by atoms with Crippen LogP contribution in [0.5, 0.6) is 0 Å². The van der Waals surface area contributed by atoms with Crippen molar-refractivity contribution in [1.82, 2.24) is 0 Å². The average Bonchev–Trinajstić information content (AvgIpc) is 2.10. The molecule has 10 heavy (non-hydrogen) atoms. The molecule has 0 amide bonds. The first-order chi connectivity index (χ1) is 4.59. The van der Waals surface area contributed by atoms with Crippen LogP contribution < -0.4 is 0 Å². The summed E-state index contributed by atoms with van der Waals surface area (Å²) in [6, 6.07) is 0. The Morgan fingerprint density at radius 1 is 1.70 bits per heavy atom. The van der Waals surface area contributed by atoms with Crippen molar-refractivity contribution in [2.24, 2.45) is 0 Å². The van der Waals surface area contributed by atoms with E-state index in [1.54, 1.807) is 6.92 Å². The second-order valence-electron chi connectivity index (χ2n) is 2.97. The first-order valence-corrected chi connectivity index (χ1v) is 3.61. The average molecular weight is 146 g/mol. The van der Waals surface area contributed by atoms with Gasteiger partial charge in [0.25, 0.3) is 0 Å². The van der Waals surface area contributed by atoms with Crippen molar-refractivity contribution in [3.8, 4) is 0 Å². The molecule has 0 spiro atoms. The highest BCUT2D eigenvalue weighted by Crippen LogP contribution is 2.27. The van der Waals surface area contributed by atoms with Gasteiger partial charge in [-0.25, -0.2) is 0 Å². The van der Waals surface area contributed by atoms with Crippen molar-refractivity contribution in [3.63, 3.8) is 0 Å². The van der Waals surface area contributed by atoms with E-state index >= 15 is 0 Å². The Morgan fingerprint density at radius 2 is 2.30 bits per heavy atom. The minimum atomic E-state index is -1.05. The van der Waals surface area contributed by atoms with E-state index in [4.69, 9.17) is 4.74 Å². The van der Waals surface area contributed by atoms with Gasteiger partial charge in [0.2, 0.25) is 0 Å². The van der Waals surface area contributed by atoms with E-state index in [1.165, 1.54) is 0 Å². The maximum atomic E-state index is 9.55. The van der Waals surface area contributed by atoms with Gasteiger partial charge in [-0.15, -0.1) is 0 Å². The predicted molar refractivity (Wildman–Crippen MR) is 36.7 cm³/mol. The molecule has 3 heteroatoms. The summed E-state index contributed by atoms with van der Waals surface area (Å²) in [5.41, 5.74) is -1.05. The van der Waals surface area contributed by atoms with Crippen molar-refractivity contribution in [2.45, 2.75) is 38.1 Å². The quantitative estimate of drug-likeness (QED) is 0.543. The highest BCUT2D eigenvalue weighted by atomic mass is 16.5. The third kappa shape index (κ3) is 1.05. The van der Waals surface area contributed by atoms with Crippen molar-refractivity contribution >= 4 is 0 Å². The first-order valence-electron chi connectivity index (χ1n) is 3.61. The fourth-order valence-electron chi connectivity index (χ4n) is 1.29. The van der Waals surface area contributed by atoms with Crippen molar-refractivity contribution in [1.29, 1.82) is 0 Å². The zero-order valence-electron chi connectivity index (χ0n) is 6.37. The lowest BCUT2D eigenvalue weighted by Crippen LogP contribution is -2.43. The number of hydrogen-bond donors (Lipinski definition) is 2. The zero-order valence-corrected chi connectivity index (χ0v) is 6.37. The van der Waals surface area contributed by atoms with Crippen LogP contribution in [0.15, 0.2) is 0 Å². The molecule has 1 rings (SSSR count). The van der Waals surface area contributed by atoms with E-state index in [2.05, 4.69) is 0 Å². The molecule has 2 N–H and O–H groups in total. The van der Waals surface area contributed by atoms with Crippen molar-refractivity contribution < 1.29 is 14.9 Å². The number of rotatable bonds is 1. The predicted octanol–water partition coefficient (Wildman–Crippen LogP) is -0.0929. The lowest BCUT2D eigenvalue weighted by molar-refractivity contribution is -0.0638. The monoisotopic (exact) mass is 146 g/mol. The number of aliphatic hydroxyl groups excluding tert-OH is 1. The Kier molecular flexibility index (Phi) is 1.99. The van der Waals surface area contributed by atoms with Gasteiger partial charge in [0.05, 0.1) is 12.7 Å². The molecule has 0 saturated carbocycles. The minimum absolute atomic E-state index is 0.206. The lowest BCUT2D eigenvalue weighted by atomic mass is 9.94. The Hall–Kier alpha value is -0.120. The van der Waals surface area contributed by atoms with Crippen molar-refractivity contribution in [2.75, 3.05) is 6.61 Å². The molecular weight excluding hydrogens is 132 g/mol. The molecule has 0 aromatic rings. The van der Waals surface area contributed by atoms with Gasteiger partial charge in [-0.1, -0.05) is 6.92 Å². The molecule has 1 aliphatic rings. The summed E-state index contributed by atoms with van der Waals surface area (Å²) < 4.78 is 5.13. The molecule has 1 saturated heterocycles. The smallest absolute Gasteiger partial charge is 0.116 e. The Balaban J connectivity index is 2.64. The molecule has 60 valence electrons. The summed E-state index contributed by atoms with van der Waals surface area (Å²) in [6.45, 7) is 3.79. The third-order valence-corrected chi connectivity index (χ3v) is 2.15. The SMILES string of the molecule is CCC1OCC(O)C1(C)O. The van der Waals surface area contributed by atoms with Crippen LogP contribution in [0.4, 0.5) is 0 Å². The summed E-state index contributed by atoms with van der Waals surface area (Å²) in [4.78, 5) is 0. The van der Waals surface area contributed by atoms with Gasteiger partial charge < -0.3 is 14.9 Å². The normalized spacial score (nSPS) is 48.0. The van der Waals surface area contributed by atoms with Gasteiger partial charge in [-0.2, -0.15) is 0 Å². The molecule has 1 aliphatic heterocycles. The summed E-state index contributed by atoms with van der Waals surface area (Å²) in [6.07, 6.45) is -0.190. The molecule has 1 fully saturated rings. The van der Waals surface area contributed by atoms with Crippen LogP contribution in [0.3, 0.4) is 0 Å². The molecular formula is C7H14O3. The van der Waals surface area contributed by atoms with Crippen LogP contribution in [0.25, 0.3) is 0 Å². The first kappa shape index (κ1) is 7.98. The zero-order chi connectivity index (χ0) is 7.78. The largest absolute Gasteiger partial charge is 0.388 e. The Labute approximate surface area is 60.6 Å². The molecule has 0 bridgehead atoms. The summed E-state index contributed by atoms with van der Waals surface area (Å²) in [7, 11) is 0. The number of ether oxygens (including phenoxy) is 1. The topological polar surface area (TPSA) is 49.7 Å². The highest BCUT2D eigenvalue weighted by molar-refractivity contribution is 4.94. The van der Waals surface area contributed by atoms with Crippen LogP contribution in [0, 0.1) is 0 Å². The van der Waals surface area contributed by atoms with Crippen molar-refractivity contribution in [3.05, 3.63) is 0 Å². The fraction of sp³-hybridized carbons (Fsp3) is 1.00. The summed E-state index contributed by atoms with van der Waals surface area (Å²) >= 11 is 0. The highest BCUT2D eigenvalue weighted by Gasteiger charge is 2.44. The van der Waals surface area contributed by atoms with Crippen LogP contribution in [0.1, 0.15) is 20.3 Å². The number of hydrogen-bond acceptors (Lipinski definition) is 3. The third-order valence-electron chi connectivity index (χ3n) is 2.15. The Morgan fingerprint density at radius 3 is 2.50 bits per heavy atom. The van der Waals surface area contributed by atoms with Crippen LogP contribution in [-0.4, -0.2) is 34.6 Å². The van der Waals surface area contributed by atoms with Gasteiger partial charge in [0.1, 0.15) is 11.7 Å². The van der Waals surface area contributed by atoms with E-state index in [-0.39, 0.29) is 12.7 Å². The summed E-state index contributed by atoms with van der Waals surface area (Å²) in [5, 5.41) is 18.7. The summed E-state index contributed by atoms with van der Waals surface area (Å²) in [5.74, 6) is 0. The number of aliphatic hydroxyl groups is 2. The molecule has 1 heterocycles. The van der Waals surface area contributed by atoms with Crippen LogP contribution >= 0.6 is 0 Å². The Bertz CT molecular complexity index is 122. The van der Waals surface area contributed by atoms with Gasteiger partial charge in [0.15, 0.2) is 0 Å². The molecule has 0 radical (unpaired) electrons. The van der Waals surface area contributed by atoms with Gasteiger partial charge in [-0.05, 0) is 13.3 Å². The lowest BCUT2D eigenvalue weighted by Gasteiger charge is -2.25. The second-order valence-corrected chi connectivity index (χ2v) is 2.97. The molecule has 0 aliphatic carbocycles. The van der Waals surface area contributed by atoms with E-state index in [1.807, 2.05) is 6.92 Å². The standard InChI is InChI=1S/C7H14O3/c1-3-6-7(2,9)5(8)4-10-6/h5-6,8-9H,3-4H2,1-2H3. The van der Waals surface area contributed by atoms with Gasteiger partial charge in [0, 0.05) is 0 Å². The van der Waals surface area contributed by atoms with E-state index < -0.39 is 11.7 Å². The second kappa shape index (κ2) is 2.49. The van der Waals surface area contributed by atoms with Crippen LogP contribution in [0.2, 0.25) is 0 Å². The molecule has 0 aromatic heterocycles. The van der Waals surface area contributed by atoms with Crippen LogP contribution in [-0.2, 0) is 4.74 Å².